The van der Waals surface area contributed by atoms with Crippen molar-refractivity contribution in [3.05, 3.63) is 33.9 Å². The lowest BCUT2D eigenvalue weighted by molar-refractivity contribution is -0.385. The molecular formula is C7H3ClN2O4S. The van der Waals surface area contributed by atoms with Gasteiger partial charge in [-0.2, -0.15) is 8.42 Å². The van der Waals surface area contributed by atoms with Crippen molar-refractivity contribution < 1.29 is 13.3 Å². The minimum absolute atomic E-state index is 0.135. The quantitative estimate of drug-likeness (QED) is 0.551. The fraction of sp³-hybridized carbons (Fsp3) is 0. The first kappa shape index (κ1) is 10.1. The third kappa shape index (κ3) is 1.40. The molecule has 0 spiro atoms. The molecule has 0 atom stereocenters. The van der Waals surface area contributed by atoms with Gasteiger partial charge in [0.25, 0.3) is 15.7 Å². The van der Waals surface area contributed by atoms with Crippen LogP contribution in [-0.4, -0.2) is 18.5 Å². The van der Waals surface area contributed by atoms with Gasteiger partial charge in [-0.3, -0.25) is 10.1 Å². The molecule has 0 unspecified atom stereocenters. The van der Waals surface area contributed by atoms with E-state index in [-0.39, 0.29) is 21.3 Å². The Labute approximate surface area is 89.4 Å². The first-order chi connectivity index (χ1) is 6.93. The predicted octanol–water partition coefficient (Wildman–Crippen LogP) is 1.28. The van der Waals surface area contributed by atoms with Gasteiger partial charge in [0.1, 0.15) is 10.5 Å². The first-order valence-corrected chi connectivity index (χ1v) is 5.53. The predicted molar refractivity (Wildman–Crippen MR) is 52.7 cm³/mol. The smallest absolute Gasteiger partial charge is 0.258 e. The van der Waals surface area contributed by atoms with Crippen molar-refractivity contribution in [2.45, 2.75) is 4.90 Å². The summed E-state index contributed by atoms with van der Waals surface area (Å²) >= 11 is 5.54. The molecule has 0 radical (unpaired) electrons. The summed E-state index contributed by atoms with van der Waals surface area (Å²) in [5.41, 5.74) is -0.494. The van der Waals surface area contributed by atoms with E-state index in [1.165, 1.54) is 18.2 Å². The van der Waals surface area contributed by atoms with Gasteiger partial charge in [0.2, 0.25) is 0 Å². The number of nitro benzene ring substituents is 1. The number of nitrogens with zero attached hydrogens (tertiary/aromatic N) is 2. The number of benzene rings is 1. The monoisotopic (exact) mass is 246 g/mol. The van der Waals surface area contributed by atoms with Gasteiger partial charge in [-0.15, -0.1) is 4.40 Å². The van der Waals surface area contributed by atoms with Crippen LogP contribution in [0.4, 0.5) is 5.69 Å². The molecule has 0 aromatic heterocycles. The Morgan fingerprint density at radius 1 is 1.40 bits per heavy atom. The molecule has 0 bridgehead atoms. The molecule has 15 heavy (non-hydrogen) atoms. The molecule has 1 aliphatic heterocycles. The molecule has 0 saturated heterocycles. The molecule has 0 fully saturated rings. The fourth-order valence-electron chi connectivity index (χ4n) is 1.29. The number of fused-ring (bicyclic) bond motifs is 1. The maximum atomic E-state index is 11.3. The molecule has 6 nitrogen and oxygen atoms in total. The highest BCUT2D eigenvalue weighted by Crippen LogP contribution is 2.34. The van der Waals surface area contributed by atoms with Crippen LogP contribution in [0.15, 0.2) is 27.5 Å². The molecule has 1 aromatic carbocycles. The van der Waals surface area contributed by atoms with Gasteiger partial charge in [-0.1, -0.05) is 17.7 Å². The summed E-state index contributed by atoms with van der Waals surface area (Å²) in [6.45, 7) is 0. The average molecular weight is 247 g/mol. The molecule has 1 aromatic rings. The molecule has 78 valence electrons. The highest BCUT2D eigenvalue weighted by Gasteiger charge is 2.34. The zero-order valence-corrected chi connectivity index (χ0v) is 8.62. The van der Waals surface area contributed by atoms with Gasteiger partial charge in [0.15, 0.2) is 5.17 Å². The zero-order chi connectivity index (χ0) is 11.2. The summed E-state index contributed by atoms with van der Waals surface area (Å²) in [5.74, 6) is 0. The number of nitro groups is 1. The Kier molecular flexibility index (Phi) is 2.02. The second kappa shape index (κ2) is 3.01. The average Bonchev–Trinajstić information content (AvgIpc) is 2.37. The van der Waals surface area contributed by atoms with Crippen LogP contribution in [-0.2, 0) is 10.0 Å². The van der Waals surface area contributed by atoms with E-state index in [9.17, 15) is 18.5 Å². The molecule has 0 N–H and O–H groups in total. The molecular weight excluding hydrogens is 244 g/mol. The Morgan fingerprint density at radius 2 is 2.07 bits per heavy atom. The van der Waals surface area contributed by atoms with Crippen molar-refractivity contribution in [1.82, 2.24) is 0 Å². The molecule has 1 heterocycles. The molecule has 2 rings (SSSR count). The van der Waals surface area contributed by atoms with E-state index in [4.69, 9.17) is 11.6 Å². The van der Waals surface area contributed by atoms with Crippen LogP contribution in [0.5, 0.6) is 0 Å². The van der Waals surface area contributed by atoms with Crippen LogP contribution in [0.3, 0.4) is 0 Å². The second-order valence-corrected chi connectivity index (χ2v) is 4.70. The van der Waals surface area contributed by atoms with Crippen molar-refractivity contribution in [1.29, 1.82) is 0 Å². The number of hydrogen-bond acceptors (Lipinski definition) is 4. The first-order valence-electron chi connectivity index (χ1n) is 3.72. The fourth-order valence-corrected chi connectivity index (χ4v) is 2.93. The topological polar surface area (TPSA) is 89.6 Å². The maximum absolute atomic E-state index is 11.3. The van der Waals surface area contributed by atoms with Crippen molar-refractivity contribution in [3.63, 3.8) is 0 Å². The van der Waals surface area contributed by atoms with Crippen LogP contribution in [0.2, 0.25) is 0 Å². The number of rotatable bonds is 1. The number of sulfonamides is 1. The second-order valence-electron chi connectivity index (χ2n) is 2.76. The lowest BCUT2D eigenvalue weighted by atomic mass is 10.2. The van der Waals surface area contributed by atoms with E-state index >= 15 is 0 Å². The lowest BCUT2D eigenvalue weighted by Crippen LogP contribution is -1.99. The van der Waals surface area contributed by atoms with Crippen molar-refractivity contribution in [2.75, 3.05) is 0 Å². The van der Waals surface area contributed by atoms with E-state index in [1.807, 2.05) is 0 Å². The molecule has 1 aliphatic rings. The Balaban J connectivity index is 2.87. The highest BCUT2D eigenvalue weighted by molar-refractivity contribution is 7.91. The number of hydrogen-bond donors (Lipinski definition) is 0. The number of halogens is 1. The van der Waals surface area contributed by atoms with Gasteiger partial charge in [0, 0.05) is 6.07 Å². The minimum Gasteiger partial charge on any atom is -0.258 e. The van der Waals surface area contributed by atoms with E-state index in [0.717, 1.165) is 0 Å². The van der Waals surface area contributed by atoms with Gasteiger partial charge in [0.05, 0.1) is 4.92 Å². The Bertz CT molecular complexity index is 593. The largest absolute Gasteiger partial charge is 0.284 e. The van der Waals surface area contributed by atoms with Gasteiger partial charge in [-0.25, -0.2) is 0 Å². The van der Waals surface area contributed by atoms with E-state index in [0.29, 0.717) is 0 Å². The maximum Gasteiger partial charge on any atom is 0.284 e. The van der Waals surface area contributed by atoms with E-state index in [2.05, 4.69) is 4.40 Å². The van der Waals surface area contributed by atoms with Crippen LogP contribution >= 0.6 is 11.6 Å². The van der Waals surface area contributed by atoms with Crippen LogP contribution in [0, 0.1) is 10.1 Å². The molecule has 8 heteroatoms. The summed E-state index contributed by atoms with van der Waals surface area (Å²) in [5, 5.41) is 10.3. The van der Waals surface area contributed by atoms with Crippen molar-refractivity contribution >= 4 is 32.5 Å². The Morgan fingerprint density at radius 3 is 2.67 bits per heavy atom. The summed E-state index contributed by atoms with van der Waals surface area (Å²) in [7, 11) is -3.86. The standard InChI is InChI=1S/C7H3ClN2O4S/c8-7-6-4(10(11)12)2-1-3-5(6)15(13,14)9-7/h1-3H. The van der Waals surface area contributed by atoms with Crippen LogP contribution < -0.4 is 0 Å². The van der Waals surface area contributed by atoms with E-state index in [1.54, 1.807) is 0 Å². The summed E-state index contributed by atoms with van der Waals surface area (Å²) in [4.78, 5) is 9.70. The zero-order valence-electron chi connectivity index (χ0n) is 7.05. The SMILES string of the molecule is O=[N+]([O-])c1cccc2c1C(Cl)=NS2(=O)=O. The normalized spacial score (nSPS) is 17.0. The molecule has 0 saturated carbocycles. The lowest BCUT2D eigenvalue weighted by Gasteiger charge is -1.97. The van der Waals surface area contributed by atoms with Gasteiger partial charge >= 0.3 is 0 Å². The van der Waals surface area contributed by atoms with Crippen LogP contribution in [0.1, 0.15) is 5.56 Å². The van der Waals surface area contributed by atoms with Crippen LogP contribution in [0.25, 0.3) is 0 Å². The third-order valence-corrected chi connectivity index (χ3v) is 3.58. The van der Waals surface area contributed by atoms with Crippen molar-refractivity contribution in [3.8, 4) is 0 Å². The van der Waals surface area contributed by atoms with E-state index < -0.39 is 14.9 Å². The van der Waals surface area contributed by atoms with Gasteiger partial charge in [-0.05, 0) is 6.07 Å². The summed E-state index contributed by atoms with van der Waals surface area (Å²) < 4.78 is 25.9. The molecule has 0 aliphatic carbocycles. The third-order valence-electron chi connectivity index (χ3n) is 1.89. The van der Waals surface area contributed by atoms with Gasteiger partial charge < -0.3 is 0 Å². The Hall–Kier alpha value is -1.47. The summed E-state index contributed by atoms with van der Waals surface area (Å²) in [6, 6.07) is 3.69. The highest BCUT2D eigenvalue weighted by atomic mass is 35.5. The summed E-state index contributed by atoms with van der Waals surface area (Å²) in [6.07, 6.45) is 0. The minimum atomic E-state index is -3.86. The molecule has 0 amide bonds. The van der Waals surface area contributed by atoms with Crippen molar-refractivity contribution in [2.24, 2.45) is 4.40 Å².